The summed E-state index contributed by atoms with van der Waals surface area (Å²) in [7, 11) is 0. The Morgan fingerprint density at radius 1 is 1.42 bits per heavy atom. The maximum absolute atomic E-state index is 11.3. The van der Waals surface area contributed by atoms with E-state index >= 15 is 0 Å². The van der Waals surface area contributed by atoms with Crippen molar-refractivity contribution in [2.75, 3.05) is 12.3 Å². The zero-order valence-electron chi connectivity index (χ0n) is 11.9. The molecule has 0 bridgehead atoms. The van der Waals surface area contributed by atoms with Crippen LogP contribution in [0.25, 0.3) is 0 Å². The normalized spacial score (nSPS) is 14.1. The molecule has 0 aromatic heterocycles. The molecule has 0 saturated heterocycles. The molecule has 0 fully saturated rings. The van der Waals surface area contributed by atoms with E-state index in [4.69, 9.17) is 0 Å². The third kappa shape index (κ3) is 4.88. The summed E-state index contributed by atoms with van der Waals surface area (Å²) in [5.41, 5.74) is 0.473. The summed E-state index contributed by atoms with van der Waals surface area (Å²) in [5, 5.41) is 12.3. The molecule has 1 aromatic carbocycles. The Morgan fingerprint density at radius 3 is 2.68 bits per heavy atom. The Bertz CT molecular complexity index is 422. The molecule has 1 atom stereocenters. The zero-order valence-corrected chi connectivity index (χ0v) is 12.7. The fourth-order valence-corrected chi connectivity index (χ4v) is 2.97. The molecular weight excluding hydrogens is 258 g/mol. The number of aliphatic carboxylic acids is 1. The number of thioether (sulfide) groups is 1. The molecule has 106 valence electrons. The Labute approximate surface area is 119 Å². The van der Waals surface area contributed by atoms with Crippen molar-refractivity contribution >= 4 is 17.7 Å². The highest BCUT2D eigenvalue weighted by molar-refractivity contribution is 7.99. The van der Waals surface area contributed by atoms with Crippen LogP contribution in [0, 0.1) is 6.92 Å². The lowest BCUT2D eigenvalue weighted by molar-refractivity contribution is -0.144. The second kappa shape index (κ2) is 7.56. The van der Waals surface area contributed by atoms with Gasteiger partial charge in [0.15, 0.2) is 0 Å². The van der Waals surface area contributed by atoms with Gasteiger partial charge in [-0.15, -0.1) is 11.8 Å². The molecular formula is C15H23NO2S. The van der Waals surface area contributed by atoms with Gasteiger partial charge in [0.2, 0.25) is 0 Å². The summed E-state index contributed by atoms with van der Waals surface area (Å²) in [6.07, 6.45) is 1.53. The first-order valence-electron chi connectivity index (χ1n) is 6.66. The monoisotopic (exact) mass is 281 g/mol. The van der Waals surface area contributed by atoms with Gasteiger partial charge < -0.3 is 10.4 Å². The summed E-state index contributed by atoms with van der Waals surface area (Å²) >= 11 is 1.80. The van der Waals surface area contributed by atoms with Crippen molar-refractivity contribution in [2.24, 2.45) is 0 Å². The summed E-state index contributed by atoms with van der Waals surface area (Å²) in [4.78, 5) is 12.5. The van der Waals surface area contributed by atoms with Crippen LogP contribution in [0.3, 0.4) is 0 Å². The first-order valence-corrected chi connectivity index (χ1v) is 7.65. The third-order valence-corrected chi connectivity index (χ3v) is 4.47. The van der Waals surface area contributed by atoms with Gasteiger partial charge in [0.1, 0.15) is 5.54 Å². The Kier molecular flexibility index (Phi) is 6.38. The Morgan fingerprint density at radius 2 is 2.11 bits per heavy atom. The standard InChI is InChI=1S/C15H23NO2S/c1-4-16-15(3,14(17)18)10-7-11-19-13-9-6-5-8-12(13)2/h5-6,8-9,16H,4,7,10-11H2,1-3H3,(H,17,18). The van der Waals surface area contributed by atoms with E-state index in [1.807, 2.05) is 19.1 Å². The molecule has 0 amide bonds. The average molecular weight is 281 g/mol. The number of aryl methyl sites for hydroxylation is 1. The van der Waals surface area contributed by atoms with E-state index in [1.165, 1.54) is 10.5 Å². The van der Waals surface area contributed by atoms with Crippen LogP contribution >= 0.6 is 11.8 Å². The van der Waals surface area contributed by atoms with Gasteiger partial charge >= 0.3 is 5.97 Å². The van der Waals surface area contributed by atoms with Gasteiger partial charge in [-0.1, -0.05) is 25.1 Å². The highest BCUT2D eigenvalue weighted by Gasteiger charge is 2.30. The lowest BCUT2D eigenvalue weighted by Gasteiger charge is -2.25. The maximum atomic E-state index is 11.3. The van der Waals surface area contributed by atoms with Crippen molar-refractivity contribution in [2.45, 2.75) is 44.0 Å². The van der Waals surface area contributed by atoms with Crippen molar-refractivity contribution in [3.8, 4) is 0 Å². The number of hydrogen-bond acceptors (Lipinski definition) is 3. The average Bonchev–Trinajstić information content (AvgIpc) is 2.37. The molecule has 3 nitrogen and oxygen atoms in total. The van der Waals surface area contributed by atoms with Gasteiger partial charge in [-0.3, -0.25) is 4.79 Å². The summed E-state index contributed by atoms with van der Waals surface area (Å²) in [6.45, 7) is 6.47. The highest BCUT2D eigenvalue weighted by Crippen LogP contribution is 2.24. The third-order valence-electron chi connectivity index (χ3n) is 3.21. The van der Waals surface area contributed by atoms with E-state index in [-0.39, 0.29) is 0 Å². The fourth-order valence-electron chi connectivity index (χ4n) is 1.99. The maximum Gasteiger partial charge on any atom is 0.323 e. The fraction of sp³-hybridized carbons (Fsp3) is 0.533. The van der Waals surface area contributed by atoms with Crippen molar-refractivity contribution < 1.29 is 9.90 Å². The van der Waals surface area contributed by atoms with E-state index in [2.05, 4.69) is 24.4 Å². The van der Waals surface area contributed by atoms with Gasteiger partial charge in [0.05, 0.1) is 0 Å². The van der Waals surface area contributed by atoms with Gasteiger partial charge in [0, 0.05) is 4.90 Å². The molecule has 0 spiro atoms. The molecule has 0 aliphatic carbocycles. The number of likely N-dealkylation sites (N-methyl/N-ethyl adjacent to an activating group) is 1. The van der Waals surface area contributed by atoms with Crippen molar-refractivity contribution in [3.63, 3.8) is 0 Å². The minimum absolute atomic E-state index is 0.648. The van der Waals surface area contributed by atoms with E-state index in [9.17, 15) is 9.90 Å². The molecule has 0 aliphatic rings. The lowest BCUT2D eigenvalue weighted by atomic mass is 9.96. The van der Waals surface area contributed by atoms with E-state index in [0.717, 1.165) is 12.2 Å². The van der Waals surface area contributed by atoms with Crippen LogP contribution in [0.1, 0.15) is 32.3 Å². The SMILES string of the molecule is CCNC(C)(CCCSc1ccccc1C)C(=O)O. The molecule has 0 radical (unpaired) electrons. The molecule has 4 heteroatoms. The Balaban J connectivity index is 2.41. The van der Waals surface area contributed by atoms with Crippen LogP contribution in [-0.2, 0) is 4.79 Å². The lowest BCUT2D eigenvalue weighted by Crippen LogP contribution is -2.49. The molecule has 1 rings (SSSR count). The molecule has 19 heavy (non-hydrogen) atoms. The van der Waals surface area contributed by atoms with E-state index in [0.29, 0.717) is 13.0 Å². The first-order chi connectivity index (χ1) is 8.99. The van der Waals surface area contributed by atoms with Crippen molar-refractivity contribution in [1.29, 1.82) is 0 Å². The predicted octanol–water partition coefficient (Wildman–Crippen LogP) is 3.32. The largest absolute Gasteiger partial charge is 0.480 e. The first kappa shape index (κ1) is 16.1. The highest BCUT2D eigenvalue weighted by atomic mass is 32.2. The molecule has 0 heterocycles. The quantitative estimate of drug-likeness (QED) is 0.567. The number of benzene rings is 1. The summed E-state index contributed by atoms with van der Waals surface area (Å²) in [6, 6.07) is 8.28. The second-order valence-corrected chi connectivity index (χ2v) is 6.02. The van der Waals surface area contributed by atoms with Gasteiger partial charge in [-0.2, -0.15) is 0 Å². The minimum atomic E-state index is -0.805. The van der Waals surface area contributed by atoms with Crippen LogP contribution in [0.4, 0.5) is 0 Å². The van der Waals surface area contributed by atoms with Gasteiger partial charge in [-0.05, 0) is 50.6 Å². The second-order valence-electron chi connectivity index (χ2n) is 4.89. The number of nitrogens with one attached hydrogen (secondary N) is 1. The van der Waals surface area contributed by atoms with Crippen LogP contribution < -0.4 is 5.32 Å². The molecule has 0 aliphatic heterocycles. The van der Waals surface area contributed by atoms with Crippen molar-refractivity contribution in [1.82, 2.24) is 5.32 Å². The van der Waals surface area contributed by atoms with Crippen LogP contribution in [0.2, 0.25) is 0 Å². The zero-order chi connectivity index (χ0) is 14.3. The summed E-state index contributed by atoms with van der Waals surface area (Å²) in [5.74, 6) is 0.175. The minimum Gasteiger partial charge on any atom is -0.480 e. The smallest absolute Gasteiger partial charge is 0.323 e. The van der Waals surface area contributed by atoms with Gasteiger partial charge in [-0.25, -0.2) is 0 Å². The van der Waals surface area contributed by atoms with Crippen LogP contribution in [0.15, 0.2) is 29.2 Å². The van der Waals surface area contributed by atoms with E-state index < -0.39 is 11.5 Å². The van der Waals surface area contributed by atoms with Crippen LogP contribution in [0.5, 0.6) is 0 Å². The number of hydrogen-bond donors (Lipinski definition) is 2. The van der Waals surface area contributed by atoms with Crippen LogP contribution in [-0.4, -0.2) is 28.9 Å². The number of carbonyl (C=O) groups is 1. The molecule has 1 aromatic rings. The molecule has 0 saturated carbocycles. The topological polar surface area (TPSA) is 49.3 Å². The van der Waals surface area contributed by atoms with Gasteiger partial charge in [0.25, 0.3) is 0 Å². The van der Waals surface area contributed by atoms with Crippen molar-refractivity contribution in [3.05, 3.63) is 29.8 Å². The molecule has 1 unspecified atom stereocenters. The number of carboxylic acids is 1. The predicted molar refractivity (Wildman–Crippen MR) is 80.9 cm³/mol. The number of carboxylic acid groups (broad SMARTS) is 1. The molecule has 2 N–H and O–H groups in total. The summed E-state index contributed by atoms with van der Waals surface area (Å²) < 4.78 is 0. The number of rotatable bonds is 8. The van der Waals surface area contributed by atoms with E-state index in [1.54, 1.807) is 18.7 Å². The Hall–Kier alpha value is -1.00.